The molecule has 1 aliphatic rings. The van der Waals surface area contributed by atoms with Gasteiger partial charge in [0.2, 0.25) is 5.91 Å². The second-order valence-electron chi connectivity index (χ2n) is 5.95. The van der Waals surface area contributed by atoms with E-state index in [0.717, 1.165) is 19.4 Å². The zero-order valence-electron chi connectivity index (χ0n) is 12.6. The van der Waals surface area contributed by atoms with Gasteiger partial charge < -0.3 is 10.6 Å². The van der Waals surface area contributed by atoms with Crippen LogP contribution in [0.15, 0.2) is 24.3 Å². The van der Waals surface area contributed by atoms with Gasteiger partial charge in [-0.2, -0.15) is 0 Å². The maximum Gasteiger partial charge on any atom is 0.227 e. The maximum atomic E-state index is 12.6. The summed E-state index contributed by atoms with van der Waals surface area (Å²) in [4.78, 5) is 14.7. The van der Waals surface area contributed by atoms with Crippen LogP contribution in [0.4, 0.5) is 0 Å². The molecule has 1 aliphatic heterocycles. The van der Waals surface area contributed by atoms with Crippen molar-refractivity contribution in [1.29, 1.82) is 0 Å². The number of hydrogen-bond donors (Lipinski definition) is 1. The molecular weight excluding hydrogens is 248 g/mol. The largest absolute Gasteiger partial charge is 0.335 e. The van der Waals surface area contributed by atoms with Crippen molar-refractivity contribution in [2.75, 3.05) is 13.1 Å². The minimum Gasteiger partial charge on any atom is -0.335 e. The standard InChI is InChI=1S/C17H26N2O/c1-13-7-6-8-15(11-13)16-9-4-3-5-10-19(16)17(20)14(2)12-18/h6-8,11,14,16H,3-5,9-10,12,18H2,1-2H3. The van der Waals surface area contributed by atoms with Crippen molar-refractivity contribution in [3.05, 3.63) is 35.4 Å². The number of rotatable bonds is 3. The summed E-state index contributed by atoms with van der Waals surface area (Å²) in [5, 5.41) is 0. The second kappa shape index (κ2) is 6.89. The molecule has 1 saturated heterocycles. The molecule has 1 aromatic carbocycles. The third kappa shape index (κ3) is 3.40. The SMILES string of the molecule is Cc1cccc(C2CCCCCN2C(=O)C(C)CN)c1. The highest BCUT2D eigenvalue weighted by Crippen LogP contribution is 2.31. The van der Waals surface area contributed by atoms with Crippen molar-refractivity contribution in [2.45, 2.75) is 45.6 Å². The topological polar surface area (TPSA) is 46.3 Å². The van der Waals surface area contributed by atoms with Gasteiger partial charge in [0.25, 0.3) is 0 Å². The van der Waals surface area contributed by atoms with E-state index in [9.17, 15) is 4.79 Å². The molecule has 2 atom stereocenters. The smallest absolute Gasteiger partial charge is 0.227 e. The molecule has 0 radical (unpaired) electrons. The van der Waals surface area contributed by atoms with Crippen molar-refractivity contribution in [2.24, 2.45) is 11.7 Å². The number of hydrogen-bond acceptors (Lipinski definition) is 2. The predicted octanol–water partition coefficient (Wildman–Crippen LogP) is 3.03. The first-order valence-corrected chi connectivity index (χ1v) is 7.70. The van der Waals surface area contributed by atoms with Gasteiger partial charge in [0.15, 0.2) is 0 Å². The summed E-state index contributed by atoms with van der Waals surface area (Å²) < 4.78 is 0. The zero-order chi connectivity index (χ0) is 14.5. The number of benzene rings is 1. The third-order valence-corrected chi connectivity index (χ3v) is 4.24. The minimum atomic E-state index is -0.0830. The molecule has 2 rings (SSSR count). The Kier molecular flexibility index (Phi) is 5.18. The van der Waals surface area contributed by atoms with Gasteiger partial charge in [-0.3, -0.25) is 4.79 Å². The van der Waals surface area contributed by atoms with Gasteiger partial charge in [-0.05, 0) is 25.3 Å². The van der Waals surface area contributed by atoms with Crippen LogP contribution >= 0.6 is 0 Å². The first-order valence-electron chi connectivity index (χ1n) is 7.70. The molecule has 0 spiro atoms. The number of amides is 1. The molecule has 0 aliphatic carbocycles. The van der Waals surface area contributed by atoms with Crippen LogP contribution < -0.4 is 5.73 Å². The summed E-state index contributed by atoms with van der Waals surface area (Å²) in [6.07, 6.45) is 4.57. The molecule has 0 aromatic heterocycles. The summed E-state index contributed by atoms with van der Waals surface area (Å²) in [5.74, 6) is 0.126. The lowest BCUT2D eigenvalue weighted by atomic mass is 9.98. The first kappa shape index (κ1) is 15.0. The van der Waals surface area contributed by atoms with Crippen molar-refractivity contribution >= 4 is 5.91 Å². The normalized spacial score (nSPS) is 21.4. The Morgan fingerprint density at radius 3 is 2.90 bits per heavy atom. The molecule has 1 amide bonds. The van der Waals surface area contributed by atoms with E-state index in [0.29, 0.717) is 6.54 Å². The zero-order valence-corrected chi connectivity index (χ0v) is 12.6. The van der Waals surface area contributed by atoms with Gasteiger partial charge in [0.1, 0.15) is 0 Å². The van der Waals surface area contributed by atoms with Crippen LogP contribution in [-0.4, -0.2) is 23.9 Å². The van der Waals surface area contributed by atoms with Gasteiger partial charge in [0, 0.05) is 19.0 Å². The molecule has 110 valence electrons. The first-order chi connectivity index (χ1) is 9.63. The number of nitrogens with two attached hydrogens (primary N) is 1. The van der Waals surface area contributed by atoms with E-state index >= 15 is 0 Å². The lowest BCUT2D eigenvalue weighted by molar-refractivity contribution is -0.137. The fourth-order valence-electron chi connectivity index (χ4n) is 2.98. The molecular formula is C17H26N2O. The van der Waals surface area contributed by atoms with Gasteiger partial charge in [-0.25, -0.2) is 0 Å². The lowest BCUT2D eigenvalue weighted by Gasteiger charge is -2.32. The van der Waals surface area contributed by atoms with Crippen LogP contribution in [0.1, 0.15) is 49.8 Å². The fraction of sp³-hybridized carbons (Fsp3) is 0.588. The van der Waals surface area contributed by atoms with Crippen LogP contribution in [0.2, 0.25) is 0 Å². The quantitative estimate of drug-likeness (QED) is 0.921. The molecule has 20 heavy (non-hydrogen) atoms. The molecule has 1 heterocycles. The van der Waals surface area contributed by atoms with E-state index in [1.54, 1.807) is 0 Å². The number of nitrogens with zero attached hydrogens (tertiary/aromatic N) is 1. The van der Waals surface area contributed by atoms with Crippen molar-refractivity contribution in [3.8, 4) is 0 Å². The molecule has 3 heteroatoms. The Morgan fingerprint density at radius 1 is 1.40 bits per heavy atom. The maximum absolute atomic E-state index is 12.6. The van der Waals surface area contributed by atoms with Gasteiger partial charge in [-0.1, -0.05) is 49.6 Å². The number of carbonyl (C=O) groups excluding carboxylic acids is 1. The summed E-state index contributed by atoms with van der Waals surface area (Å²) in [6.45, 7) is 5.33. The molecule has 0 saturated carbocycles. The molecule has 0 bridgehead atoms. The average Bonchev–Trinajstić information content (AvgIpc) is 2.71. The monoisotopic (exact) mass is 274 g/mol. The Bertz CT molecular complexity index is 458. The van der Waals surface area contributed by atoms with E-state index in [2.05, 4.69) is 36.1 Å². The summed E-state index contributed by atoms with van der Waals surface area (Å²) >= 11 is 0. The van der Waals surface area contributed by atoms with Gasteiger partial charge in [0.05, 0.1) is 6.04 Å². The lowest BCUT2D eigenvalue weighted by Crippen LogP contribution is -2.40. The number of aryl methyl sites for hydroxylation is 1. The van der Waals surface area contributed by atoms with Crippen molar-refractivity contribution in [3.63, 3.8) is 0 Å². The van der Waals surface area contributed by atoms with Crippen molar-refractivity contribution < 1.29 is 4.79 Å². The van der Waals surface area contributed by atoms with Crippen LogP contribution in [0.25, 0.3) is 0 Å². The highest BCUT2D eigenvalue weighted by Gasteiger charge is 2.28. The van der Waals surface area contributed by atoms with E-state index in [1.807, 2.05) is 6.92 Å². The van der Waals surface area contributed by atoms with Crippen LogP contribution in [0, 0.1) is 12.8 Å². The summed E-state index contributed by atoms with van der Waals surface area (Å²) in [5.41, 5.74) is 8.20. The van der Waals surface area contributed by atoms with Crippen LogP contribution in [-0.2, 0) is 4.79 Å². The number of carbonyl (C=O) groups is 1. The highest BCUT2D eigenvalue weighted by molar-refractivity contribution is 5.79. The van der Waals surface area contributed by atoms with E-state index in [-0.39, 0.29) is 17.9 Å². The Morgan fingerprint density at radius 2 is 2.20 bits per heavy atom. The van der Waals surface area contributed by atoms with E-state index in [4.69, 9.17) is 5.73 Å². The van der Waals surface area contributed by atoms with Gasteiger partial charge >= 0.3 is 0 Å². The van der Waals surface area contributed by atoms with Gasteiger partial charge in [-0.15, -0.1) is 0 Å². The second-order valence-corrected chi connectivity index (χ2v) is 5.95. The molecule has 2 unspecified atom stereocenters. The number of likely N-dealkylation sites (tertiary alicyclic amines) is 1. The fourth-order valence-corrected chi connectivity index (χ4v) is 2.98. The van der Waals surface area contributed by atoms with E-state index in [1.165, 1.54) is 24.0 Å². The predicted molar refractivity (Wildman–Crippen MR) is 82.3 cm³/mol. The summed E-state index contributed by atoms with van der Waals surface area (Å²) in [7, 11) is 0. The summed E-state index contributed by atoms with van der Waals surface area (Å²) in [6, 6.07) is 8.78. The minimum absolute atomic E-state index is 0.0830. The highest BCUT2D eigenvalue weighted by atomic mass is 16.2. The average molecular weight is 274 g/mol. The van der Waals surface area contributed by atoms with E-state index < -0.39 is 0 Å². The molecule has 2 N–H and O–H groups in total. The molecule has 1 fully saturated rings. The van der Waals surface area contributed by atoms with Crippen LogP contribution in [0.5, 0.6) is 0 Å². The Hall–Kier alpha value is -1.35. The third-order valence-electron chi connectivity index (χ3n) is 4.24. The Balaban J connectivity index is 2.27. The Labute approximate surface area is 122 Å². The van der Waals surface area contributed by atoms with Crippen molar-refractivity contribution in [1.82, 2.24) is 4.90 Å². The molecule has 1 aromatic rings. The molecule has 3 nitrogen and oxygen atoms in total. The van der Waals surface area contributed by atoms with Crippen LogP contribution in [0.3, 0.4) is 0 Å².